The number of para-hydroxylation sites is 1. The van der Waals surface area contributed by atoms with Gasteiger partial charge in [0.05, 0.1) is 11.4 Å². The van der Waals surface area contributed by atoms with Crippen LogP contribution >= 0.6 is 11.8 Å². The summed E-state index contributed by atoms with van der Waals surface area (Å²) in [4.78, 5) is 8.59. The average Bonchev–Trinajstić information content (AvgIpc) is 3.06. The highest BCUT2D eigenvalue weighted by Gasteiger charge is 2.10. The fraction of sp³-hybridized carbons (Fsp3) is 0.214. The third-order valence-electron chi connectivity index (χ3n) is 2.88. The molecule has 3 aromatic rings. The van der Waals surface area contributed by atoms with E-state index >= 15 is 0 Å². The first kappa shape index (κ1) is 12.9. The van der Waals surface area contributed by atoms with Crippen molar-refractivity contribution in [1.82, 2.24) is 19.7 Å². The molecule has 0 fully saturated rings. The van der Waals surface area contributed by atoms with Gasteiger partial charge in [0.25, 0.3) is 0 Å². The van der Waals surface area contributed by atoms with E-state index in [1.807, 2.05) is 25.3 Å². The second-order valence-corrected chi connectivity index (χ2v) is 5.33. The zero-order valence-electron chi connectivity index (χ0n) is 11.3. The van der Waals surface area contributed by atoms with Gasteiger partial charge >= 0.3 is 0 Å². The van der Waals surface area contributed by atoms with Gasteiger partial charge in [-0.05, 0) is 25.5 Å². The standard InChI is InChI=1S/C14H14N4OS/c1-10-5-3-4-6-12(10)18-8-7-15-14(18)20-9-13-16-11(2)17-19-13/h3-8H,9H2,1-2H3. The first-order valence-electron chi connectivity index (χ1n) is 6.25. The molecule has 0 bridgehead atoms. The molecule has 0 N–H and O–H groups in total. The molecule has 0 aliphatic heterocycles. The lowest BCUT2D eigenvalue weighted by Crippen LogP contribution is -1.97. The second-order valence-electron chi connectivity index (χ2n) is 4.39. The van der Waals surface area contributed by atoms with Crippen molar-refractivity contribution in [1.29, 1.82) is 0 Å². The second kappa shape index (κ2) is 5.50. The summed E-state index contributed by atoms with van der Waals surface area (Å²) < 4.78 is 7.19. The molecule has 0 atom stereocenters. The molecule has 0 saturated heterocycles. The Morgan fingerprint density at radius 2 is 2.10 bits per heavy atom. The van der Waals surface area contributed by atoms with Gasteiger partial charge in [0.15, 0.2) is 11.0 Å². The molecule has 0 saturated carbocycles. The topological polar surface area (TPSA) is 56.7 Å². The van der Waals surface area contributed by atoms with Gasteiger partial charge in [-0.3, -0.25) is 4.57 Å². The van der Waals surface area contributed by atoms with Crippen LogP contribution in [0.15, 0.2) is 46.3 Å². The number of rotatable bonds is 4. The number of benzene rings is 1. The molecule has 5 nitrogen and oxygen atoms in total. The third-order valence-corrected chi connectivity index (χ3v) is 3.83. The van der Waals surface area contributed by atoms with Crippen LogP contribution in [-0.2, 0) is 5.75 Å². The highest BCUT2D eigenvalue weighted by atomic mass is 32.2. The monoisotopic (exact) mass is 286 g/mol. The van der Waals surface area contributed by atoms with Crippen molar-refractivity contribution in [3.63, 3.8) is 0 Å². The predicted molar refractivity (Wildman–Crippen MR) is 76.9 cm³/mol. The number of imidazole rings is 1. The normalized spacial score (nSPS) is 10.9. The van der Waals surface area contributed by atoms with Gasteiger partial charge in [0, 0.05) is 12.4 Å². The molecule has 3 rings (SSSR count). The number of hydrogen-bond acceptors (Lipinski definition) is 5. The van der Waals surface area contributed by atoms with Crippen LogP contribution < -0.4 is 0 Å². The van der Waals surface area contributed by atoms with Crippen LogP contribution in [-0.4, -0.2) is 19.7 Å². The molecule has 0 aliphatic rings. The van der Waals surface area contributed by atoms with Gasteiger partial charge < -0.3 is 4.52 Å². The lowest BCUT2D eigenvalue weighted by atomic mass is 10.2. The van der Waals surface area contributed by atoms with E-state index in [-0.39, 0.29) is 0 Å². The largest absolute Gasteiger partial charge is 0.338 e. The molecule has 1 aromatic carbocycles. The van der Waals surface area contributed by atoms with Gasteiger partial charge in [-0.2, -0.15) is 4.98 Å². The average molecular weight is 286 g/mol. The summed E-state index contributed by atoms with van der Waals surface area (Å²) >= 11 is 1.58. The maximum Gasteiger partial charge on any atom is 0.237 e. The SMILES string of the molecule is Cc1noc(CSc2nccn2-c2ccccc2C)n1. The van der Waals surface area contributed by atoms with E-state index < -0.39 is 0 Å². The summed E-state index contributed by atoms with van der Waals surface area (Å²) in [6.07, 6.45) is 3.76. The van der Waals surface area contributed by atoms with E-state index in [0.717, 1.165) is 10.8 Å². The summed E-state index contributed by atoms with van der Waals surface area (Å²) in [6, 6.07) is 8.23. The molecule has 2 heterocycles. The van der Waals surface area contributed by atoms with Crippen LogP contribution in [0.25, 0.3) is 5.69 Å². The number of nitrogens with zero attached hydrogens (tertiary/aromatic N) is 4. The molecular weight excluding hydrogens is 272 g/mol. The lowest BCUT2D eigenvalue weighted by Gasteiger charge is -2.09. The van der Waals surface area contributed by atoms with Crippen LogP contribution in [0.3, 0.4) is 0 Å². The number of aromatic nitrogens is 4. The lowest BCUT2D eigenvalue weighted by molar-refractivity contribution is 0.387. The Bertz CT molecular complexity index is 719. The van der Waals surface area contributed by atoms with Crippen LogP contribution in [0.1, 0.15) is 17.3 Å². The van der Waals surface area contributed by atoms with Crippen molar-refractivity contribution >= 4 is 11.8 Å². The fourth-order valence-corrected chi connectivity index (χ4v) is 2.74. The summed E-state index contributed by atoms with van der Waals surface area (Å²) in [5, 5.41) is 4.70. The smallest absolute Gasteiger partial charge is 0.237 e. The Morgan fingerprint density at radius 3 is 2.85 bits per heavy atom. The minimum absolute atomic E-state index is 0.615. The van der Waals surface area contributed by atoms with E-state index in [9.17, 15) is 0 Å². The van der Waals surface area contributed by atoms with Crippen LogP contribution in [0.2, 0.25) is 0 Å². The molecule has 0 amide bonds. The molecule has 102 valence electrons. The Morgan fingerprint density at radius 1 is 1.25 bits per heavy atom. The zero-order valence-corrected chi connectivity index (χ0v) is 12.1. The maximum absolute atomic E-state index is 5.11. The minimum Gasteiger partial charge on any atom is -0.338 e. The molecule has 0 aliphatic carbocycles. The van der Waals surface area contributed by atoms with Gasteiger partial charge in [0.2, 0.25) is 5.89 Å². The Balaban J connectivity index is 1.82. The summed E-state index contributed by atoms with van der Waals surface area (Å²) in [5.74, 6) is 1.89. The summed E-state index contributed by atoms with van der Waals surface area (Å²) in [5.41, 5.74) is 2.34. The van der Waals surface area contributed by atoms with Crippen molar-refractivity contribution in [2.45, 2.75) is 24.8 Å². The summed E-state index contributed by atoms with van der Waals surface area (Å²) in [6.45, 7) is 3.90. The Labute approximate surface area is 121 Å². The van der Waals surface area contributed by atoms with E-state index in [1.54, 1.807) is 18.0 Å². The molecule has 20 heavy (non-hydrogen) atoms. The van der Waals surface area contributed by atoms with Crippen molar-refractivity contribution in [3.8, 4) is 5.69 Å². The third kappa shape index (κ3) is 2.60. The van der Waals surface area contributed by atoms with Gasteiger partial charge in [-0.1, -0.05) is 35.1 Å². The molecule has 0 spiro atoms. The van der Waals surface area contributed by atoms with E-state index in [2.05, 4.69) is 38.7 Å². The van der Waals surface area contributed by atoms with Crippen LogP contribution in [0, 0.1) is 13.8 Å². The highest BCUT2D eigenvalue weighted by Crippen LogP contribution is 2.24. The molecule has 6 heteroatoms. The van der Waals surface area contributed by atoms with Crippen LogP contribution in [0.5, 0.6) is 0 Å². The number of thioether (sulfide) groups is 1. The van der Waals surface area contributed by atoms with Crippen LogP contribution in [0.4, 0.5) is 0 Å². The zero-order chi connectivity index (χ0) is 13.9. The fourth-order valence-electron chi connectivity index (χ4n) is 1.94. The Hall–Kier alpha value is -2.08. The molecule has 2 aromatic heterocycles. The van der Waals surface area contributed by atoms with Gasteiger partial charge in [-0.15, -0.1) is 0 Å². The van der Waals surface area contributed by atoms with E-state index in [1.165, 1.54) is 5.56 Å². The van der Waals surface area contributed by atoms with Crippen molar-refractivity contribution < 1.29 is 4.52 Å². The van der Waals surface area contributed by atoms with Gasteiger partial charge in [0.1, 0.15) is 0 Å². The molecule has 0 unspecified atom stereocenters. The number of aryl methyl sites for hydroxylation is 2. The highest BCUT2D eigenvalue weighted by molar-refractivity contribution is 7.98. The quantitative estimate of drug-likeness (QED) is 0.689. The van der Waals surface area contributed by atoms with E-state index in [0.29, 0.717) is 17.5 Å². The number of hydrogen-bond donors (Lipinski definition) is 0. The van der Waals surface area contributed by atoms with Gasteiger partial charge in [-0.25, -0.2) is 4.98 Å². The minimum atomic E-state index is 0.615. The predicted octanol–water partition coefficient (Wildman–Crippen LogP) is 3.16. The molecular formula is C14H14N4OS. The first-order chi connectivity index (χ1) is 9.74. The van der Waals surface area contributed by atoms with Crippen molar-refractivity contribution in [2.24, 2.45) is 0 Å². The van der Waals surface area contributed by atoms with E-state index in [4.69, 9.17) is 4.52 Å². The Kier molecular flexibility index (Phi) is 3.56. The maximum atomic E-state index is 5.11. The summed E-state index contributed by atoms with van der Waals surface area (Å²) in [7, 11) is 0. The van der Waals surface area contributed by atoms with Crippen molar-refractivity contribution in [2.75, 3.05) is 0 Å². The van der Waals surface area contributed by atoms with Crippen molar-refractivity contribution in [3.05, 3.63) is 53.9 Å². The molecule has 0 radical (unpaired) electrons. The first-order valence-corrected chi connectivity index (χ1v) is 7.24.